The minimum absolute atomic E-state index is 0.212. The molecule has 0 fully saturated rings. The highest BCUT2D eigenvalue weighted by molar-refractivity contribution is 6.30. The van der Waals surface area contributed by atoms with Gasteiger partial charge >= 0.3 is 6.09 Å². The molecule has 2 amide bonds. The number of carbonyl (C=O) groups is 2. The number of hydrogen-bond acceptors (Lipinski definition) is 4. The van der Waals surface area contributed by atoms with Crippen LogP contribution in [0.15, 0.2) is 72.9 Å². The number of rotatable bonds is 6. The summed E-state index contributed by atoms with van der Waals surface area (Å²) in [6.45, 7) is 0.509. The van der Waals surface area contributed by atoms with Gasteiger partial charge in [0.2, 0.25) is 0 Å². The third-order valence-corrected chi connectivity index (χ3v) is 4.06. The Labute approximate surface area is 167 Å². The summed E-state index contributed by atoms with van der Waals surface area (Å²) in [5.41, 5.74) is 2.23. The summed E-state index contributed by atoms with van der Waals surface area (Å²) in [7, 11) is 0. The van der Waals surface area contributed by atoms with Crippen LogP contribution in [0.1, 0.15) is 21.5 Å². The summed E-state index contributed by atoms with van der Waals surface area (Å²) in [6, 6.07) is 19.5. The number of pyridine rings is 1. The van der Waals surface area contributed by atoms with E-state index >= 15 is 0 Å². The average molecular weight is 396 g/mol. The predicted molar refractivity (Wildman–Crippen MR) is 107 cm³/mol. The van der Waals surface area contributed by atoms with Crippen molar-refractivity contribution in [3.63, 3.8) is 0 Å². The number of nitrogens with zero attached hydrogens (tertiary/aromatic N) is 1. The summed E-state index contributed by atoms with van der Waals surface area (Å²) in [5.74, 6) is 0.0842. The lowest BCUT2D eigenvalue weighted by atomic mass is 10.1. The van der Waals surface area contributed by atoms with Gasteiger partial charge in [0, 0.05) is 23.3 Å². The quantitative estimate of drug-likeness (QED) is 0.647. The summed E-state index contributed by atoms with van der Waals surface area (Å²) >= 11 is 5.88. The summed E-state index contributed by atoms with van der Waals surface area (Å²) in [6.07, 6.45) is 1.02. The van der Waals surface area contributed by atoms with Gasteiger partial charge in [-0.05, 0) is 35.4 Å². The lowest BCUT2D eigenvalue weighted by Crippen LogP contribution is -2.23. The molecule has 3 aromatic rings. The average Bonchev–Trinajstić information content (AvgIpc) is 2.72. The number of nitrogens with one attached hydrogen (secondary N) is 2. The molecular weight excluding hydrogens is 378 g/mol. The van der Waals surface area contributed by atoms with Crippen molar-refractivity contribution in [2.45, 2.75) is 13.2 Å². The largest absolute Gasteiger partial charge is 0.445 e. The van der Waals surface area contributed by atoms with Gasteiger partial charge in [-0.3, -0.25) is 4.79 Å². The fourth-order valence-corrected chi connectivity index (χ4v) is 2.54. The second-order valence-corrected chi connectivity index (χ2v) is 6.36. The molecule has 0 saturated heterocycles. The van der Waals surface area contributed by atoms with Crippen molar-refractivity contribution in [1.29, 1.82) is 0 Å². The van der Waals surface area contributed by atoms with Crippen LogP contribution >= 0.6 is 11.6 Å². The first-order valence-electron chi connectivity index (χ1n) is 8.56. The van der Waals surface area contributed by atoms with Crippen molar-refractivity contribution in [3.05, 3.63) is 94.6 Å². The topological polar surface area (TPSA) is 80.3 Å². The van der Waals surface area contributed by atoms with E-state index in [1.165, 1.54) is 6.20 Å². The van der Waals surface area contributed by atoms with Crippen LogP contribution in [-0.4, -0.2) is 17.0 Å². The van der Waals surface area contributed by atoms with Crippen LogP contribution in [0.25, 0.3) is 0 Å². The van der Waals surface area contributed by atoms with E-state index < -0.39 is 6.09 Å². The molecule has 0 aliphatic carbocycles. The normalized spacial score (nSPS) is 10.2. The Balaban J connectivity index is 1.47. The van der Waals surface area contributed by atoms with Crippen molar-refractivity contribution in [2.75, 3.05) is 5.32 Å². The van der Waals surface area contributed by atoms with E-state index in [1.807, 2.05) is 30.3 Å². The molecule has 2 aromatic carbocycles. The lowest BCUT2D eigenvalue weighted by Gasteiger charge is -2.08. The van der Waals surface area contributed by atoms with Gasteiger partial charge in [-0.15, -0.1) is 0 Å². The monoisotopic (exact) mass is 395 g/mol. The summed E-state index contributed by atoms with van der Waals surface area (Å²) in [4.78, 5) is 28.1. The lowest BCUT2D eigenvalue weighted by molar-refractivity contribution is 0.102. The molecule has 0 aliphatic rings. The number of hydrogen-bond donors (Lipinski definition) is 2. The first-order valence-corrected chi connectivity index (χ1v) is 8.94. The maximum atomic E-state index is 12.2. The van der Waals surface area contributed by atoms with E-state index in [2.05, 4.69) is 15.6 Å². The highest BCUT2D eigenvalue weighted by Gasteiger charge is 2.08. The van der Waals surface area contributed by atoms with Crippen LogP contribution in [0, 0.1) is 0 Å². The molecule has 0 aliphatic heterocycles. The van der Waals surface area contributed by atoms with Gasteiger partial charge in [0.05, 0.1) is 0 Å². The Kier molecular flexibility index (Phi) is 6.59. The van der Waals surface area contributed by atoms with Crippen LogP contribution in [-0.2, 0) is 17.9 Å². The Bertz CT molecular complexity index is 947. The van der Waals surface area contributed by atoms with E-state index in [0.29, 0.717) is 22.9 Å². The van der Waals surface area contributed by atoms with E-state index in [9.17, 15) is 9.59 Å². The first kappa shape index (κ1) is 19.4. The highest BCUT2D eigenvalue weighted by Crippen LogP contribution is 2.13. The molecule has 2 N–H and O–H groups in total. The maximum absolute atomic E-state index is 12.2. The first-order chi connectivity index (χ1) is 13.6. The third-order valence-electron chi connectivity index (χ3n) is 3.83. The van der Waals surface area contributed by atoms with Crippen LogP contribution in [0.4, 0.5) is 10.6 Å². The number of anilines is 1. The van der Waals surface area contributed by atoms with Gasteiger partial charge in [-0.1, -0.05) is 54.1 Å². The SMILES string of the molecule is O=C(NCc1ccc(C(=O)Nc2cc(Cl)ccn2)cc1)OCc1ccccc1. The fourth-order valence-electron chi connectivity index (χ4n) is 2.38. The van der Waals surface area contributed by atoms with E-state index in [1.54, 1.807) is 36.4 Å². The highest BCUT2D eigenvalue weighted by atomic mass is 35.5. The number of benzene rings is 2. The van der Waals surface area contributed by atoms with Crippen molar-refractivity contribution in [3.8, 4) is 0 Å². The molecule has 0 atom stereocenters. The summed E-state index contributed by atoms with van der Waals surface area (Å²) in [5, 5.41) is 5.85. The standard InChI is InChI=1S/C21H18ClN3O3/c22-18-10-11-23-19(12-18)25-20(26)17-8-6-15(7-9-17)13-24-21(27)28-14-16-4-2-1-3-5-16/h1-12H,13-14H2,(H,24,27)(H,23,25,26). The zero-order valence-electron chi connectivity index (χ0n) is 14.9. The zero-order chi connectivity index (χ0) is 19.8. The van der Waals surface area contributed by atoms with E-state index in [0.717, 1.165) is 11.1 Å². The molecule has 1 aromatic heterocycles. The molecule has 0 spiro atoms. The molecule has 6 nitrogen and oxygen atoms in total. The van der Waals surface area contributed by atoms with Crippen molar-refractivity contribution in [1.82, 2.24) is 10.3 Å². The second kappa shape index (κ2) is 9.53. The van der Waals surface area contributed by atoms with Crippen molar-refractivity contribution >= 4 is 29.4 Å². The van der Waals surface area contributed by atoms with Gasteiger partial charge in [0.1, 0.15) is 12.4 Å². The van der Waals surface area contributed by atoms with Gasteiger partial charge in [-0.25, -0.2) is 9.78 Å². The predicted octanol–water partition coefficient (Wildman–Crippen LogP) is 4.41. The molecule has 142 valence electrons. The molecule has 28 heavy (non-hydrogen) atoms. The minimum Gasteiger partial charge on any atom is -0.445 e. The number of ether oxygens (including phenoxy) is 1. The molecular formula is C21H18ClN3O3. The third kappa shape index (κ3) is 5.82. The second-order valence-electron chi connectivity index (χ2n) is 5.93. The molecule has 1 heterocycles. The van der Waals surface area contributed by atoms with Gasteiger partial charge in [0.15, 0.2) is 0 Å². The van der Waals surface area contributed by atoms with Crippen LogP contribution in [0.2, 0.25) is 5.02 Å². The summed E-state index contributed by atoms with van der Waals surface area (Å²) < 4.78 is 5.16. The Morgan fingerprint density at radius 2 is 1.71 bits per heavy atom. The molecule has 0 bridgehead atoms. The van der Waals surface area contributed by atoms with E-state index in [-0.39, 0.29) is 12.5 Å². The molecule has 7 heteroatoms. The Morgan fingerprint density at radius 1 is 0.964 bits per heavy atom. The van der Waals surface area contributed by atoms with Crippen LogP contribution < -0.4 is 10.6 Å². The Morgan fingerprint density at radius 3 is 2.43 bits per heavy atom. The van der Waals surface area contributed by atoms with Crippen LogP contribution in [0.3, 0.4) is 0 Å². The van der Waals surface area contributed by atoms with Crippen LogP contribution in [0.5, 0.6) is 0 Å². The maximum Gasteiger partial charge on any atom is 0.407 e. The van der Waals surface area contributed by atoms with Gasteiger partial charge in [-0.2, -0.15) is 0 Å². The van der Waals surface area contributed by atoms with Gasteiger partial charge < -0.3 is 15.4 Å². The number of aromatic nitrogens is 1. The van der Waals surface area contributed by atoms with Crippen molar-refractivity contribution < 1.29 is 14.3 Å². The van der Waals surface area contributed by atoms with E-state index in [4.69, 9.17) is 16.3 Å². The fraction of sp³-hybridized carbons (Fsp3) is 0.0952. The molecule has 3 rings (SSSR count). The molecule has 0 radical (unpaired) electrons. The number of alkyl carbamates (subject to hydrolysis) is 1. The number of amides is 2. The number of halogens is 1. The minimum atomic E-state index is -0.502. The number of carbonyl (C=O) groups excluding carboxylic acids is 2. The van der Waals surface area contributed by atoms with Gasteiger partial charge in [0.25, 0.3) is 5.91 Å². The molecule has 0 saturated carbocycles. The Hall–Kier alpha value is -3.38. The smallest absolute Gasteiger partial charge is 0.407 e. The zero-order valence-corrected chi connectivity index (χ0v) is 15.6. The van der Waals surface area contributed by atoms with Crippen molar-refractivity contribution in [2.24, 2.45) is 0 Å². The molecule has 0 unspecified atom stereocenters.